The van der Waals surface area contributed by atoms with Crippen LogP contribution in [0.5, 0.6) is 5.75 Å². The number of aromatic nitrogens is 1. The van der Waals surface area contributed by atoms with Gasteiger partial charge in [0.05, 0.1) is 7.11 Å². The van der Waals surface area contributed by atoms with Gasteiger partial charge >= 0.3 is 0 Å². The van der Waals surface area contributed by atoms with E-state index in [1.54, 1.807) is 13.2 Å². The van der Waals surface area contributed by atoms with Gasteiger partial charge < -0.3 is 10.5 Å². The van der Waals surface area contributed by atoms with E-state index in [0.717, 1.165) is 22.6 Å². The fourth-order valence-electron chi connectivity index (χ4n) is 1.95. The summed E-state index contributed by atoms with van der Waals surface area (Å²) in [5.74, 6) is 0.754. The van der Waals surface area contributed by atoms with Gasteiger partial charge in [-0.05, 0) is 36.8 Å². The second-order valence-corrected chi connectivity index (χ2v) is 4.96. The molecular formula is C15H17ClN2O. The zero-order chi connectivity index (χ0) is 13.8. The molecule has 2 aromatic rings. The topological polar surface area (TPSA) is 48.1 Å². The molecule has 19 heavy (non-hydrogen) atoms. The van der Waals surface area contributed by atoms with Crippen molar-refractivity contribution in [1.82, 2.24) is 4.98 Å². The van der Waals surface area contributed by atoms with Crippen LogP contribution < -0.4 is 10.5 Å². The standard InChI is InChI=1S/C15H17ClN2O/c1-10-3-5-12(18-9-10)8-14(17)13-7-11(16)4-6-15(13)19-2/h3-7,9,14H,8,17H2,1-2H3. The van der Waals surface area contributed by atoms with Crippen LogP contribution in [0.15, 0.2) is 36.5 Å². The minimum absolute atomic E-state index is 0.191. The molecule has 0 radical (unpaired) electrons. The zero-order valence-corrected chi connectivity index (χ0v) is 11.8. The van der Waals surface area contributed by atoms with Gasteiger partial charge in [-0.2, -0.15) is 0 Å². The van der Waals surface area contributed by atoms with Crippen molar-refractivity contribution >= 4 is 11.6 Å². The van der Waals surface area contributed by atoms with Crippen LogP contribution in [0.25, 0.3) is 0 Å². The molecule has 0 fully saturated rings. The predicted octanol–water partition coefficient (Wildman–Crippen LogP) is 3.29. The Bertz CT molecular complexity index is 555. The Morgan fingerprint density at radius 3 is 2.74 bits per heavy atom. The number of rotatable bonds is 4. The molecule has 0 aliphatic heterocycles. The van der Waals surface area contributed by atoms with Crippen LogP contribution in [0.3, 0.4) is 0 Å². The summed E-state index contributed by atoms with van der Waals surface area (Å²) in [6.07, 6.45) is 2.49. The lowest BCUT2D eigenvalue weighted by atomic mass is 10.0. The molecule has 0 saturated carbocycles. The van der Waals surface area contributed by atoms with E-state index in [2.05, 4.69) is 4.98 Å². The number of methoxy groups -OCH3 is 1. The van der Waals surface area contributed by atoms with Crippen molar-refractivity contribution in [3.05, 3.63) is 58.4 Å². The van der Waals surface area contributed by atoms with Crippen LogP contribution in [0.4, 0.5) is 0 Å². The second-order valence-electron chi connectivity index (χ2n) is 4.52. The Balaban J connectivity index is 2.21. The molecule has 1 atom stereocenters. The first-order valence-electron chi connectivity index (χ1n) is 6.10. The van der Waals surface area contributed by atoms with Gasteiger partial charge in [-0.15, -0.1) is 0 Å². The highest BCUT2D eigenvalue weighted by Gasteiger charge is 2.13. The summed E-state index contributed by atoms with van der Waals surface area (Å²) in [6.45, 7) is 2.01. The van der Waals surface area contributed by atoms with Crippen molar-refractivity contribution in [2.45, 2.75) is 19.4 Å². The number of hydrogen-bond donors (Lipinski definition) is 1. The number of pyridine rings is 1. The van der Waals surface area contributed by atoms with E-state index in [-0.39, 0.29) is 6.04 Å². The Hall–Kier alpha value is -1.58. The second kappa shape index (κ2) is 6.04. The van der Waals surface area contributed by atoms with Crippen LogP contribution in [-0.2, 0) is 6.42 Å². The van der Waals surface area contributed by atoms with Gasteiger partial charge in [-0.1, -0.05) is 17.7 Å². The van der Waals surface area contributed by atoms with E-state index in [1.807, 2.05) is 37.4 Å². The van der Waals surface area contributed by atoms with Gasteiger partial charge in [-0.3, -0.25) is 4.98 Å². The molecule has 1 aromatic heterocycles. The lowest BCUT2D eigenvalue weighted by molar-refractivity contribution is 0.405. The van der Waals surface area contributed by atoms with Crippen LogP contribution >= 0.6 is 11.6 Å². The third-order valence-corrected chi connectivity index (χ3v) is 3.23. The van der Waals surface area contributed by atoms with Gasteiger partial charge in [0.1, 0.15) is 5.75 Å². The zero-order valence-electron chi connectivity index (χ0n) is 11.1. The molecular weight excluding hydrogens is 260 g/mol. The van der Waals surface area contributed by atoms with Crippen LogP contribution in [0, 0.1) is 6.92 Å². The van der Waals surface area contributed by atoms with Crippen LogP contribution in [-0.4, -0.2) is 12.1 Å². The Morgan fingerprint density at radius 1 is 1.32 bits per heavy atom. The fourth-order valence-corrected chi connectivity index (χ4v) is 2.13. The summed E-state index contributed by atoms with van der Waals surface area (Å²) >= 11 is 6.01. The van der Waals surface area contributed by atoms with E-state index >= 15 is 0 Å². The van der Waals surface area contributed by atoms with Crippen LogP contribution in [0.1, 0.15) is 22.9 Å². The van der Waals surface area contributed by atoms with E-state index in [1.165, 1.54) is 0 Å². The molecule has 0 amide bonds. The minimum atomic E-state index is -0.191. The highest BCUT2D eigenvalue weighted by atomic mass is 35.5. The molecule has 2 rings (SSSR count). The van der Waals surface area contributed by atoms with E-state index in [9.17, 15) is 0 Å². The minimum Gasteiger partial charge on any atom is -0.496 e. The average Bonchev–Trinajstić information content (AvgIpc) is 2.41. The number of nitrogens with zero attached hydrogens (tertiary/aromatic N) is 1. The smallest absolute Gasteiger partial charge is 0.123 e. The molecule has 100 valence electrons. The maximum absolute atomic E-state index is 6.23. The van der Waals surface area contributed by atoms with Gasteiger partial charge in [-0.25, -0.2) is 0 Å². The monoisotopic (exact) mass is 276 g/mol. The first-order chi connectivity index (χ1) is 9.10. The number of hydrogen-bond acceptors (Lipinski definition) is 3. The lowest BCUT2D eigenvalue weighted by Crippen LogP contribution is -2.15. The van der Waals surface area contributed by atoms with Crippen molar-refractivity contribution in [1.29, 1.82) is 0 Å². The number of benzene rings is 1. The predicted molar refractivity (Wildman–Crippen MR) is 77.6 cm³/mol. The van der Waals surface area contributed by atoms with Crippen molar-refractivity contribution in [3.63, 3.8) is 0 Å². The molecule has 0 spiro atoms. The van der Waals surface area contributed by atoms with Gasteiger partial charge in [0, 0.05) is 34.9 Å². The summed E-state index contributed by atoms with van der Waals surface area (Å²) in [4.78, 5) is 4.37. The van der Waals surface area contributed by atoms with Gasteiger partial charge in [0.15, 0.2) is 0 Å². The maximum Gasteiger partial charge on any atom is 0.123 e. The summed E-state index contributed by atoms with van der Waals surface area (Å²) in [5, 5.41) is 0.656. The molecule has 0 aliphatic carbocycles. The normalized spacial score (nSPS) is 12.2. The highest BCUT2D eigenvalue weighted by Crippen LogP contribution is 2.28. The first kappa shape index (κ1) is 13.8. The van der Waals surface area contributed by atoms with E-state index in [4.69, 9.17) is 22.1 Å². The fraction of sp³-hybridized carbons (Fsp3) is 0.267. The van der Waals surface area contributed by atoms with E-state index < -0.39 is 0 Å². The summed E-state index contributed by atoms with van der Waals surface area (Å²) < 4.78 is 5.32. The molecule has 0 bridgehead atoms. The van der Waals surface area contributed by atoms with Crippen molar-refractivity contribution < 1.29 is 4.74 Å². The molecule has 0 saturated heterocycles. The van der Waals surface area contributed by atoms with Crippen molar-refractivity contribution in [3.8, 4) is 5.75 Å². The Labute approximate surface area is 118 Å². The van der Waals surface area contributed by atoms with Crippen molar-refractivity contribution in [2.24, 2.45) is 5.73 Å². The van der Waals surface area contributed by atoms with E-state index in [0.29, 0.717) is 11.4 Å². The summed E-state index contributed by atoms with van der Waals surface area (Å²) in [5.41, 5.74) is 9.23. The third-order valence-electron chi connectivity index (χ3n) is 2.99. The Kier molecular flexibility index (Phi) is 4.40. The van der Waals surface area contributed by atoms with Gasteiger partial charge in [0.25, 0.3) is 0 Å². The first-order valence-corrected chi connectivity index (χ1v) is 6.48. The summed E-state index contributed by atoms with van der Waals surface area (Å²) in [6, 6.07) is 9.31. The average molecular weight is 277 g/mol. The highest BCUT2D eigenvalue weighted by molar-refractivity contribution is 6.30. The number of nitrogens with two attached hydrogens (primary N) is 1. The largest absolute Gasteiger partial charge is 0.496 e. The maximum atomic E-state index is 6.23. The molecule has 0 aliphatic rings. The quantitative estimate of drug-likeness (QED) is 0.932. The van der Waals surface area contributed by atoms with Crippen molar-refractivity contribution in [2.75, 3.05) is 7.11 Å². The van der Waals surface area contributed by atoms with Gasteiger partial charge in [0.2, 0.25) is 0 Å². The molecule has 4 heteroatoms. The molecule has 1 heterocycles. The SMILES string of the molecule is COc1ccc(Cl)cc1C(N)Cc1ccc(C)cn1. The molecule has 3 nitrogen and oxygen atoms in total. The Morgan fingerprint density at radius 2 is 2.11 bits per heavy atom. The molecule has 2 N–H and O–H groups in total. The number of aryl methyl sites for hydroxylation is 1. The van der Waals surface area contributed by atoms with Crippen LogP contribution in [0.2, 0.25) is 5.02 Å². The lowest BCUT2D eigenvalue weighted by Gasteiger charge is -2.15. The third kappa shape index (κ3) is 3.46. The number of ether oxygens (including phenoxy) is 1. The summed E-state index contributed by atoms with van der Waals surface area (Å²) in [7, 11) is 1.63. The molecule has 1 aromatic carbocycles. The number of halogens is 1. The molecule has 1 unspecified atom stereocenters.